The quantitative estimate of drug-likeness (QED) is 0.397. The molecular weight excluding hydrogens is 534 g/mol. The fourth-order valence-electron chi connectivity index (χ4n) is 7.48. The number of rotatable bonds is 4. The molecule has 0 fully saturated rings. The van der Waals surface area contributed by atoms with Crippen molar-refractivity contribution in [3.63, 3.8) is 0 Å². The molecule has 1 aliphatic heterocycles. The van der Waals surface area contributed by atoms with Crippen LogP contribution in [-0.2, 0) is 16.0 Å². The Labute approximate surface area is 243 Å². The van der Waals surface area contributed by atoms with Crippen LogP contribution in [0.4, 0.5) is 0 Å². The molecule has 0 bridgehead atoms. The van der Waals surface area contributed by atoms with Crippen molar-refractivity contribution in [1.82, 2.24) is 0 Å². The summed E-state index contributed by atoms with van der Waals surface area (Å²) in [5, 5.41) is 46.0. The van der Waals surface area contributed by atoms with Gasteiger partial charge < -0.3 is 20.4 Å². The summed E-state index contributed by atoms with van der Waals surface area (Å²) in [6, 6.07) is 13.3. The molecule has 2 aromatic carbocycles. The number of aliphatic imine (C=N–C) groups is 1. The van der Waals surface area contributed by atoms with Gasteiger partial charge in [-0.2, -0.15) is 0 Å². The molecule has 2 aromatic rings. The number of carbonyl (C=O) groups is 3. The van der Waals surface area contributed by atoms with Crippen molar-refractivity contribution in [2.45, 2.75) is 64.6 Å². The molecule has 42 heavy (non-hydrogen) atoms. The second-order valence-corrected chi connectivity index (χ2v) is 12.1. The molecule has 8 heteroatoms. The standard InChI is InChI=1S/C34H33NO7/c1-15-13-23-30(38)25-17(3)22-11-10-20(14-21-12-16(2)28(35-21)19-8-6-5-7-9-19)29(37)26(22)31(39)27(25)33(41)34(23,42)32(40)24(15)18(4)36/h5-11,17,23,25,30,37-38,41-42H,12-14H2,1-4H3. The number of phenolic OH excluding ortho intramolecular Hbond substituents is 1. The van der Waals surface area contributed by atoms with Crippen LogP contribution in [0.15, 0.2) is 75.5 Å². The van der Waals surface area contributed by atoms with Crippen LogP contribution in [0, 0.1) is 11.8 Å². The first kappa shape index (κ1) is 28.0. The van der Waals surface area contributed by atoms with E-state index in [0.717, 1.165) is 22.5 Å². The maximum atomic E-state index is 14.0. The Morgan fingerprint density at radius 1 is 1.05 bits per heavy atom. The molecule has 3 aliphatic carbocycles. The van der Waals surface area contributed by atoms with Crippen LogP contribution >= 0.6 is 0 Å². The van der Waals surface area contributed by atoms with Gasteiger partial charge in [-0.15, -0.1) is 0 Å². The van der Waals surface area contributed by atoms with Gasteiger partial charge in [-0.05, 0) is 44.2 Å². The fourth-order valence-corrected chi connectivity index (χ4v) is 7.48. The van der Waals surface area contributed by atoms with Crippen LogP contribution < -0.4 is 0 Å². The van der Waals surface area contributed by atoms with Crippen LogP contribution in [0.3, 0.4) is 0 Å². The molecule has 4 N–H and O–H groups in total. The zero-order valence-corrected chi connectivity index (χ0v) is 23.9. The molecule has 8 nitrogen and oxygen atoms in total. The molecule has 0 radical (unpaired) electrons. The van der Waals surface area contributed by atoms with Gasteiger partial charge in [-0.3, -0.25) is 19.4 Å². The van der Waals surface area contributed by atoms with E-state index in [-0.39, 0.29) is 28.9 Å². The third-order valence-electron chi connectivity index (χ3n) is 9.52. The molecule has 0 saturated heterocycles. The number of carbonyl (C=O) groups excluding carboxylic acids is 3. The summed E-state index contributed by atoms with van der Waals surface area (Å²) in [6.45, 7) is 6.59. The van der Waals surface area contributed by atoms with Gasteiger partial charge in [0.1, 0.15) is 11.5 Å². The minimum Gasteiger partial charge on any atom is -0.508 e. The first-order valence-corrected chi connectivity index (χ1v) is 14.2. The molecule has 5 unspecified atom stereocenters. The average Bonchev–Trinajstić information content (AvgIpc) is 3.32. The lowest BCUT2D eigenvalue weighted by molar-refractivity contribution is -0.153. The molecule has 5 atom stereocenters. The van der Waals surface area contributed by atoms with Crippen molar-refractivity contribution >= 4 is 28.8 Å². The van der Waals surface area contributed by atoms with Crippen LogP contribution in [0.2, 0.25) is 0 Å². The Bertz CT molecular complexity index is 1710. The second-order valence-electron chi connectivity index (χ2n) is 12.1. The van der Waals surface area contributed by atoms with E-state index in [1.165, 1.54) is 6.92 Å². The number of hydrogen-bond donors (Lipinski definition) is 4. The Hall–Kier alpha value is -4.14. The Morgan fingerprint density at radius 2 is 1.74 bits per heavy atom. The molecular formula is C34H33NO7. The average molecular weight is 568 g/mol. The third-order valence-corrected chi connectivity index (χ3v) is 9.52. The molecule has 0 amide bonds. The first-order valence-electron chi connectivity index (χ1n) is 14.2. The van der Waals surface area contributed by atoms with E-state index in [1.807, 2.05) is 37.3 Å². The van der Waals surface area contributed by atoms with Crippen molar-refractivity contribution in [3.05, 3.63) is 92.8 Å². The van der Waals surface area contributed by atoms with Crippen LogP contribution in [0.5, 0.6) is 5.75 Å². The minimum atomic E-state index is -2.62. The predicted molar refractivity (Wildman–Crippen MR) is 156 cm³/mol. The van der Waals surface area contributed by atoms with Crippen LogP contribution in [0.25, 0.3) is 5.70 Å². The second kappa shape index (κ2) is 9.71. The van der Waals surface area contributed by atoms with Gasteiger partial charge in [0.2, 0.25) is 5.78 Å². The summed E-state index contributed by atoms with van der Waals surface area (Å²) in [7, 11) is 0. The Kier molecular flexibility index (Phi) is 6.48. The van der Waals surface area contributed by atoms with Crippen molar-refractivity contribution in [2.24, 2.45) is 16.8 Å². The number of aliphatic hydroxyl groups excluding tert-OH is 2. The molecule has 0 saturated carbocycles. The zero-order chi connectivity index (χ0) is 30.2. The zero-order valence-electron chi connectivity index (χ0n) is 23.9. The van der Waals surface area contributed by atoms with Crippen molar-refractivity contribution in [2.75, 3.05) is 0 Å². The molecule has 6 rings (SSSR count). The lowest BCUT2D eigenvalue weighted by atomic mass is 9.56. The Balaban J connectivity index is 1.41. The largest absolute Gasteiger partial charge is 0.508 e. The maximum Gasteiger partial charge on any atom is 0.206 e. The van der Waals surface area contributed by atoms with Crippen LogP contribution in [-0.4, -0.2) is 55.2 Å². The van der Waals surface area contributed by atoms with Crippen molar-refractivity contribution in [3.8, 4) is 5.75 Å². The lowest BCUT2D eigenvalue weighted by Gasteiger charge is -2.50. The van der Waals surface area contributed by atoms with E-state index in [1.54, 1.807) is 26.0 Å². The summed E-state index contributed by atoms with van der Waals surface area (Å²) in [5.74, 6) is -6.03. The highest BCUT2D eigenvalue weighted by Gasteiger charge is 2.63. The summed E-state index contributed by atoms with van der Waals surface area (Å²) >= 11 is 0. The monoisotopic (exact) mass is 567 g/mol. The summed E-state index contributed by atoms with van der Waals surface area (Å²) in [5.41, 5.74) is 2.04. The molecule has 0 aromatic heterocycles. The van der Waals surface area contributed by atoms with Gasteiger partial charge in [0.15, 0.2) is 17.2 Å². The minimum absolute atomic E-state index is 0.00461. The van der Waals surface area contributed by atoms with Crippen LogP contribution in [0.1, 0.15) is 73.5 Å². The fraction of sp³-hybridized carbons (Fsp3) is 0.353. The number of phenols is 1. The summed E-state index contributed by atoms with van der Waals surface area (Å²) in [4.78, 5) is 44.6. The number of ketones is 3. The van der Waals surface area contributed by atoms with E-state index < -0.39 is 52.6 Å². The van der Waals surface area contributed by atoms with Gasteiger partial charge in [-0.1, -0.05) is 55.0 Å². The highest BCUT2D eigenvalue weighted by atomic mass is 16.4. The highest BCUT2D eigenvalue weighted by Crippen LogP contribution is 2.55. The predicted octanol–water partition coefficient (Wildman–Crippen LogP) is 4.54. The van der Waals surface area contributed by atoms with Gasteiger partial charge >= 0.3 is 0 Å². The van der Waals surface area contributed by atoms with E-state index in [9.17, 15) is 34.8 Å². The smallest absolute Gasteiger partial charge is 0.206 e. The number of aliphatic hydroxyl groups is 3. The number of fused-ring (bicyclic) bond motifs is 3. The van der Waals surface area contributed by atoms with Gasteiger partial charge in [0.05, 0.1) is 22.9 Å². The number of hydrogen-bond acceptors (Lipinski definition) is 8. The third kappa shape index (κ3) is 3.82. The summed E-state index contributed by atoms with van der Waals surface area (Å²) < 4.78 is 0. The van der Waals surface area contributed by atoms with Crippen molar-refractivity contribution in [1.29, 1.82) is 0 Å². The topological polar surface area (TPSA) is 144 Å². The number of benzene rings is 2. The van der Waals surface area contributed by atoms with E-state index >= 15 is 0 Å². The van der Waals surface area contributed by atoms with Crippen molar-refractivity contribution < 1.29 is 34.8 Å². The van der Waals surface area contributed by atoms with E-state index in [0.29, 0.717) is 29.5 Å². The highest BCUT2D eigenvalue weighted by molar-refractivity contribution is 6.25. The lowest BCUT2D eigenvalue weighted by Crippen LogP contribution is -2.62. The Morgan fingerprint density at radius 3 is 2.40 bits per heavy atom. The van der Waals surface area contributed by atoms with Gasteiger partial charge in [-0.25, -0.2) is 0 Å². The van der Waals surface area contributed by atoms with E-state index in [4.69, 9.17) is 4.99 Å². The van der Waals surface area contributed by atoms with E-state index in [2.05, 4.69) is 0 Å². The number of aromatic hydroxyl groups is 1. The normalized spacial score (nSPS) is 29.0. The maximum absolute atomic E-state index is 14.0. The number of nitrogens with zero attached hydrogens (tertiary/aromatic N) is 1. The molecule has 4 aliphatic rings. The molecule has 1 heterocycles. The number of allylic oxidation sites excluding steroid dienone is 2. The first-order chi connectivity index (χ1) is 19.9. The summed E-state index contributed by atoms with van der Waals surface area (Å²) in [6.07, 6.45) is -0.444. The van der Waals surface area contributed by atoms with Gasteiger partial charge in [0, 0.05) is 47.1 Å². The molecule has 216 valence electrons. The number of Topliss-reactive ketones (excluding diaryl/α,β-unsaturated/α-hetero) is 3. The molecule has 0 spiro atoms. The SMILES string of the molecule is CC(=O)C1=C(C)CC2C(O)C3C(=C(O)C2(O)C1=O)C(=O)c1c(ccc(CC2=NC(c4ccccc4)=C(C)C2)c1O)C3C. The van der Waals surface area contributed by atoms with Gasteiger partial charge in [0.25, 0.3) is 0 Å².